The van der Waals surface area contributed by atoms with Crippen molar-refractivity contribution in [3.05, 3.63) is 28.3 Å². The number of carbonyl (C=O) groups is 1. The van der Waals surface area contributed by atoms with Crippen LogP contribution in [0.4, 0.5) is 19.4 Å². The van der Waals surface area contributed by atoms with Crippen LogP contribution in [0.15, 0.2) is 18.5 Å². The molecular weight excluding hydrogens is 312 g/mol. The average Bonchev–Trinajstić information content (AvgIpc) is 3.05. The Kier molecular flexibility index (Phi) is 5.42. The monoisotopic (exact) mass is 329 g/mol. The van der Waals surface area contributed by atoms with Crippen LogP contribution in [0.5, 0.6) is 0 Å². The van der Waals surface area contributed by atoms with E-state index >= 15 is 0 Å². The molecule has 9 heteroatoms. The predicted molar refractivity (Wildman–Crippen MR) is 80.5 cm³/mol. The van der Waals surface area contributed by atoms with Crippen molar-refractivity contribution in [3.8, 4) is 0 Å². The van der Waals surface area contributed by atoms with Gasteiger partial charge in [-0.15, -0.1) is 11.3 Å². The first-order valence-electron chi connectivity index (χ1n) is 6.73. The van der Waals surface area contributed by atoms with Crippen LogP contribution in [0.1, 0.15) is 22.7 Å². The van der Waals surface area contributed by atoms with E-state index in [1.54, 1.807) is 17.5 Å². The molecule has 0 aromatic carbocycles. The normalized spacial score (nSPS) is 12.4. The molecule has 2 amide bonds. The molecule has 22 heavy (non-hydrogen) atoms. The van der Waals surface area contributed by atoms with Crippen molar-refractivity contribution in [2.24, 2.45) is 0 Å². The van der Waals surface area contributed by atoms with Crippen LogP contribution in [0, 0.1) is 6.92 Å². The zero-order valence-electron chi connectivity index (χ0n) is 12.2. The van der Waals surface area contributed by atoms with Crippen LogP contribution < -0.4 is 10.6 Å². The molecule has 2 rings (SSSR count). The largest absolute Gasteiger partial charge is 0.337 e. The van der Waals surface area contributed by atoms with Crippen molar-refractivity contribution >= 4 is 23.2 Å². The molecule has 2 aromatic rings. The molecular formula is C13H17F2N5OS. The Morgan fingerprint density at radius 3 is 2.91 bits per heavy atom. The molecule has 2 heterocycles. The van der Waals surface area contributed by atoms with Crippen LogP contribution in [-0.4, -0.2) is 33.8 Å². The lowest BCUT2D eigenvalue weighted by molar-refractivity contribution is 0.122. The van der Waals surface area contributed by atoms with Gasteiger partial charge in [0.2, 0.25) is 0 Å². The highest BCUT2D eigenvalue weighted by Crippen LogP contribution is 2.20. The number of nitrogens with zero attached hydrogens (tertiary/aromatic N) is 3. The summed E-state index contributed by atoms with van der Waals surface area (Å²) >= 11 is 1.59. The van der Waals surface area contributed by atoms with Crippen LogP contribution >= 0.6 is 11.3 Å². The molecule has 2 aromatic heterocycles. The summed E-state index contributed by atoms with van der Waals surface area (Å²) in [5.41, 5.74) is 0. The molecule has 0 bridgehead atoms. The van der Waals surface area contributed by atoms with Gasteiger partial charge in [-0.3, -0.25) is 10.00 Å². The zero-order valence-corrected chi connectivity index (χ0v) is 13.0. The molecule has 0 aliphatic heterocycles. The third kappa shape index (κ3) is 4.76. The summed E-state index contributed by atoms with van der Waals surface area (Å²) in [6.45, 7) is 3.87. The number of carbonyl (C=O) groups excluding carboxylic acids is 1. The Balaban J connectivity index is 1.79. The maximum absolute atomic E-state index is 12.2. The minimum absolute atomic E-state index is 0.0980. The van der Waals surface area contributed by atoms with E-state index in [1.807, 2.05) is 13.8 Å². The van der Waals surface area contributed by atoms with Crippen molar-refractivity contribution in [3.63, 3.8) is 0 Å². The van der Waals surface area contributed by atoms with Crippen molar-refractivity contribution in [1.82, 2.24) is 20.1 Å². The van der Waals surface area contributed by atoms with Crippen LogP contribution in [-0.2, 0) is 6.54 Å². The fraction of sp³-hybridized carbons (Fsp3) is 0.462. The highest BCUT2D eigenvalue weighted by Gasteiger charge is 2.12. The summed E-state index contributed by atoms with van der Waals surface area (Å²) in [6.07, 6.45) is 0.707. The summed E-state index contributed by atoms with van der Waals surface area (Å²) in [5, 5.41) is 10.0. The number of anilines is 1. The quantitative estimate of drug-likeness (QED) is 0.856. The van der Waals surface area contributed by atoms with E-state index in [-0.39, 0.29) is 11.7 Å². The second kappa shape index (κ2) is 7.30. The lowest BCUT2D eigenvalue weighted by Gasteiger charge is -2.10. The molecule has 0 aliphatic rings. The number of thiazole rings is 1. The molecule has 0 spiro atoms. The number of alkyl halides is 2. The minimum atomic E-state index is -2.48. The lowest BCUT2D eigenvalue weighted by Crippen LogP contribution is -2.32. The number of aromatic nitrogens is 3. The van der Waals surface area contributed by atoms with Crippen molar-refractivity contribution in [2.75, 3.05) is 11.9 Å². The molecule has 0 fully saturated rings. The number of hydrogen-bond acceptors (Lipinski definition) is 4. The number of rotatable bonds is 6. The predicted octanol–water partition coefficient (Wildman–Crippen LogP) is 2.84. The Hall–Kier alpha value is -2.03. The van der Waals surface area contributed by atoms with Gasteiger partial charge in [0.25, 0.3) is 6.43 Å². The molecule has 1 atom stereocenters. The second-order valence-corrected chi connectivity index (χ2v) is 6.13. The van der Waals surface area contributed by atoms with Gasteiger partial charge in [-0.25, -0.2) is 18.6 Å². The topological polar surface area (TPSA) is 71.8 Å². The fourth-order valence-electron chi connectivity index (χ4n) is 1.77. The van der Waals surface area contributed by atoms with Gasteiger partial charge >= 0.3 is 6.03 Å². The molecule has 0 saturated carbocycles. The van der Waals surface area contributed by atoms with E-state index in [9.17, 15) is 13.6 Å². The van der Waals surface area contributed by atoms with E-state index in [4.69, 9.17) is 0 Å². The van der Waals surface area contributed by atoms with Crippen molar-refractivity contribution in [1.29, 1.82) is 0 Å². The fourth-order valence-corrected chi connectivity index (χ4v) is 2.59. The van der Waals surface area contributed by atoms with Gasteiger partial charge in [-0.2, -0.15) is 5.10 Å². The Morgan fingerprint density at radius 1 is 1.50 bits per heavy atom. The van der Waals surface area contributed by atoms with Gasteiger partial charge < -0.3 is 5.32 Å². The first-order chi connectivity index (χ1) is 10.4. The van der Waals surface area contributed by atoms with Crippen molar-refractivity contribution in [2.45, 2.75) is 32.7 Å². The standard InChI is InChI=1S/C13H17F2N5OS/c1-8(12-16-6-9(2)22-12)5-17-13(21)18-11-3-4-20(19-11)7-10(14)15/h3-4,6,8,10H,5,7H2,1-2H3,(H2,17,18,19,21)/t8-/m0/s1. The Morgan fingerprint density at radius 2 is 2.27 bits per heavy atom. The maximum atomic E-state index is 12.2. The molecule has 120 valence electrons. The molecule has 0 aliphatic carbocycles. The van der Waals surface area contributed by atoms with E-state index in [2.05, 4.69) is 20.7 Å². The third-order valence-electron chi connectivity index (χ3n) is 2.84. The Labute approximate surface area is 130 Å². The summed E-state index contributed by atoms with van der Waals surface area (Å²) in [4.78, 5) is 17.1. The molecule has 2 N–H and O–H groups in total. The van der Waals surface area contributed by atoms with E-state index in [1.165, 1.54) is 12.3 Å². The van der Waals surface area contributed by atoms with E-state index < -0.39 is 19.0 Å². The van der Waals surface area contributed by atoms with Crippen LogP contribution in [0.2, 0.25) is 0 Å². The summed E-state index contributed by atoms with van der Waals surface area (Å²) < 4.78 is 25.5. The lowest BCUT2D eigenvalue weighted by atomic mass is 10.2. The number of urea groups is 1. The van der Waals surface area contributed by atoms with Gasteiger partial charge in [0.1, 0.15) is 6.54 Å². The molecule has 0 radical (unpaired) electrons. The summed E-state index contributed by atoms with van der Waals surface area (Å²) in [5.74, 6) is 0.330. The van der Waals surface area contributed by atoms with E-state index in [0.717, 1.165) is 14.6 Å². The molecule has 0 unspecified atom stereocenters. The number of aryl methyl sites for hydroxylation is 1. The minimum Gasteiger partial charge on any atom is -0.337 e. The second-order valence-electron chi connectivity index (χ2n) is 4.86. The summed E-state index contributed by atoms with van der Waals surface area (Å²) in [6, 6.07) is 1.04. The smallest absolute Gasteiger partial charge is 0.320 e. The highest BCUT2D eigenvalue weighted by molar-refractivity contribution is 7.11. The number of halogens is 2. The zero-order chi connectivity index (χ0) is 16.1. The molecule has 0 saturated heterocycles. The van der Waals surface area contributed by atoms with Crippen LogP contribution in [0.3, 0.4) is 0 Å². The van der Waals surface area contributed by atoms with Gasteiger partial charge in [0.05, 0.1) is 5.01 Å². The summed E-state index contributed by atoms with van der Waals surface area (Å²) in [7, 11) is 0. The first kappa shape index (κ1) is 16.3. The van der Waals surface area contributed by atoms with Crippen molar-refractivity contribution < 1.29 is 13.6 Å². The maximum Gasteiger partial charge on any atom is 0.320 e. The van der Waals surface area contributed by atoms with Gasteiger partial charge in [-0.05, 0) is 6.92 Å². The average molecular weight is 329 g/mol. The number of amides is 2. The third-order valence-corrected chi connectivity index (χ3v) is 3.98. The van der Waals surface area contributed by atoms with E-state index in [0.29, 0.717) is 6.54 Å². The SMILES string of the molecule is Cc1cnc([C@@H](C)CNC(=O)Nc2ccn(CC(F)F)n2)s1. The number of hydrogen-bond donors (Lipinski definition) is 2. The highest BCUT2D eigenvalue weighted by atomic mass is 32.1. The first-order valence-corrected chi connectivity index (χ1v) is 7.54. The Bertz CT molecular complexity index is 627. The van der Waals surface area contributed by atoms with Crippen LogP contribution in [0.25, 0.3) is 0 Å². The number of nitrogens with one attached hydrogen (secondary N) is 2. The van der Waals surface area contributed by atoms with Gasteiger partial charge in [0.15, 0.2) is 5.82 Å². The van der Waals surface area contributed by atoms with Gasteiger partial charge in [-0.1, -0.05) is 6.92 Å². The molecule has 6 nitrogen and oxygen atoms in total. The van der Waals surface area contributed by atoms with Gasteiger partial charge in [0, 0.05) is 35.8 Å².